The van der Waals surface area contributed by atoms with Crippen LogP contribution in [0.15, 0.2) is 29.2 Å². The van der Waals surface area contributed by atoms with Gasteiger partial charge in [0.25, 0.3) is 0 Å². The van der Waals surface area contributed by atoms with Gasteiger partial charge in [0.05, 0.1) is 11.0 Å². The van der Waals surface area contributed by atoms with Gasteiger partial charge >= 0.3 is 0 Å². The Labute approximate surface area is 82.9 Å². The van der Waals surface area contributed by atoms with Crippen molar-refractivity contribution in [3.63, 3.8) is 0 Å². The predicted octanol–water partition coefficient (Wildman–Crippen LogP) is 0.613. The lowest BCUT2D eigenvalue weighted by Crippen LogP contribution is -2.07. The van der Waals surface area contributed by atoms with E-state index in [1.165, 1.54) is 12.1 Å². The van der Waals surface area contributed by atoms with E-state index in [9.17, 15) is 8.42 Å². The predicted molar refractivity (Wildman–Crippen MR) is 52.1 cm³/mol. The molecule has 0 radical (unpaired) electrons. The molecule has 2 N–H and O–H groups in total. The number of benzene rings is 1. The molecule has 0 fully saturated rings. The number of hydrogen-bond donors (Lipinski definition) is 1. The maximum Gasteiger partial charge on any atom is 0.175 e. The Balaban J connectivity index is 3.09. The van der Waals surface area contributed by atoms with Crippen molar-refractivity contribution in [3.8, 4) is 6.07 Å². The van der Waals surface area contributed by atoms with Gasteiger partial charge in [-0.05, 0) is 17.7 Å². The molecule has 0 aromatic heterocycles. The maximum atomic E-state index is 11.1. The Morgan fingerprint density at radius 3 is 2.21 bits per heavy atom. The van der Waals surface area contributed by atoms with E-state index < -0.39 is 15.9 Å². The first-order valence-corrected chi connectivity index (χ1v) is 5.79. The highest BCUT2D eigenvalue weighted by molar-refractivity contribution is 7.90. The highest BCUT2D eigenvalue weighted by Crippen LogP contribution is 2.14. The molecule has 4 nitrogen and oxygen atoms in total. The van der Waals surface area contributed by atoms with Crippen molar-refractivity contribution in [2.24, 2.45) is 5.73 Å². The minimum Gasteiger partial charge on any atom is -0.312 e. The number of nitriles is 1. The fourth-order valence-electron chi connectivity index (χ4n) is 0.997. The van der Waals surface area contributed by atoms with Gasteiger partial charge in [-0.3, -0.25) is 0 Å². The fourth-order valence-corrected chi connectivity index (χ4v) is 1.63. The molecule has 5 heteroatoms. The second kappa shape index (κ2) is 3.78. The van der Waals surface area contributed by atoms with Crippen LogP contribution in [-0.2, 0) is 9.84 Å². The Morgan fingerprint density at radius 1 is 1.36 bits per heavy atom. The molecule has 0 saturated heterocycles. The highest BCUT2D eigenvalue weighted by atomic mass is 32.2. The van der Waals surface area contributed by atoms with Crippen LogP contribution < -0.4 is 5.73 Å². The summed E-state index contributed by atoms with van der Waals surface area (Å²) in [7, 11) is -3.18. The zero-order valence-electron chi connectivity index (χ0n) is 7.64. The van der Waals surface area contributed by atoms with Crippen molar-refractivity contribution < 1.29 is 8.42 Å². The summed E-state index contributed by atoms with van der Waals surface area (Å²) in [4.78, 5) is 0.228. The largest absolute Gasteiger partial charge is 0.312 e. The van der Waals surface area contributed by atoms with Crippen molar-refractivity contribution in [2.75, 3.05) is 6.26 Å². The molecule has 0 aliphatic heterocycles. The van der Waals surface area contributed by atoms with Gasteiger partial charge in [0.15, 0.2) is 9.84 Å². The molecule has 14 heavy (non-hydrogen) atoms. The summed E-state index contributed by atoms with van der Waals surface area (Å²) >= 11 is 0. The van der Waals surface area contributed by atoms with Gasteiger partial charge in [0, 0.05) is 6.26 Å². The van der Waals surface area contributed by atoms with Gasteiger partial charge in [0.2, 0.25) is 0 Å². The highest BCUT2D eigenvalue weighted by Gasteiger charge is 2.08. The van der Waals surface area contributed by atoms with Gasteiger partial charge in [-0.15, -0.1) is 0 Å². The lowest BCUT2D eigenvalue weighted by molar-refractivity contribution is 0.602. The Bertz CT molecular complexity index is 457. The van der Waals surface area contributed by atoms with Crippen LogP contribution in [-0.4, -0.2) is 14.7 Å². The van der Waals surface area contributed by atoms with E-state index in [0.717, 1.165) is 6.26 Å². The summed E-state index contributed by atoms with van der Waals surface area (Å²) < 4.78 is 22.2. The van der Waals surface area contributed by atoms with Gasteiger partial charge in [0.1, 0.15) is 6.04 Å². The molecule has 1 atom stereocenters. The summed E-state index contributed by atoms with van der Waals surface area (Å²) in [5.74, 6) is 0. The van der Waals surface area contributed by atoms with Crippen molar-refractivity contribution in [3.05, 3.63) is 29.8 Å². The van der Waals surface area contributed by atoms with Gasteiger partial charge in [-0.1, -0.05) is 12.1 Å². The third-order valence-electron chi connectivity index (χ3n) is 1.81. The Hall–Kier alpha value is -1.38. The minimum atomic E-state index is -3.18. The van der Waals surface area contributed by atoms with Gasteiger partial charge in [-0.2, -0.15) is 5.26 Å². The molecule has 0 saturated carbocycles. The van der Waals surface area contributed by atoms with Crippen molar-refractivity contribution in [1.29, 1.82) is 5.26 Å². The van der Waals surface area contributed by atoms with E-state index >= 15 is 0 Å². The van der Waals surface area contributed by atoms with E-state index in [2.05, 4.69) is 0 Å². The van der Waals surface area contributed by atoms with Crippen LogP contribution in [0.2, 0.25) is 0 Å². The summed E-state index contributed by atoms with van der Waals surface area (Å²) in [6.07, 6.45) is 1.13. The molecule has 1 aromatic carbocycles. The summed E-state index contributed by atoms with van der Waals surface area (Å²) in [6.45, 7) is 0. The van der Waals surface area contributed by atoms with Crippen molar-refractivity contribution in [2.45, 2.75) is 10.9 Å². The van der Waals surface area contributed by atoms with Crippen molar-refractivity contribution in [1.82, 2.24) is 0 Å². The lowest BCUT2D eigenvalue weighted by atomic mass is 10.1. The normalized spacial score (nSPS) is 13.2. The molecule has 0 amide bonds. The second-order valence-corrected chi connectivity index (χ2v) is 4.96. The molecule has 0 aliphatic carbocycles. The molecule has 74 valence electrons. The zero-order valence-corrected chi connectivity index (χ0v) is 8.45. The Morgan fingerprint density at radius 2 is 1.86 bits per heavy atom. The van der Waals surface area contributed by atoms with Gasteiger partial charge in [-0.25, -0.2) is 8.42 Å². The first-order chi connectivity index (χ1) is 6.45. The average Bonchev–Trinajstić information content (AvgIpc) is 2.15. The summed E-state index contributed by atoms with van der Waals surface area (Å²) in [5.41, 5.74) is 6.05. The van der Waals surface area contributed by atoms with E-state index in [-0.39, 0.29) is 4.90 Å². The monoisotopic (exact) mass is 210 g/mol. The molecule has 0 bridgehead atoms. The first-order valence-electron chi connectivity index (χ1n) is 3.90. The number of nitrogens with zero attached hydrogens (tertiary/aromatic N) is 1. The fraction of sp³-hybridized carbons (Fsp3) is 0.222. The van der Waals surface area contributed by atoms with Crippen LogP contribution in [0.4, 0.5) is 0 Å². The lowest BCUT2D eigenvalue weighted by Gasteiger charge is -2.03. The smallest absolute Gasteiger partial charge is 0.175 e. The quantitative estimate of drug-likeness (QED) is 0.775. The zero-order chi connectivity index (χ0) is 10.8. The van der Waals surface area contributed by atoms with Crippen LogP contribution in [0.1, 0.15) is 11.6 Å². The molecule has 0 heterocycles. The number of nitrogens with two attached hydrogens (primary N) is 1. The maximum absolute atomic E-state index is 11.1. The SMILES string of the molecule is CS(=O)(=O)c1ccc([C@H](N)C#N)cc1. The Kier molecular flexibility index (Phi) is 2.89. The number of hydrogen-bond acceptors (Lipinski definition) is 4. The molecule has 1 rings (SSSR count). The molecule has 1 aromatic rings. The third kappa shape index (κ3) is 2.31. The third-order valence-corrected chi connectivity index (χ3v) is 2.93. The van der Waals surface area contributed by atoms with Crippen LogP contribution in [0.25, 0.3) is 0 Å². The average molecular weight is 210 g/mol. The topological polar surface area (TPSA) is 83.9 Å². The molecule has 0 unspecified atom stereocenters. The van der Waals surface area contributed by atoms with E-state index in [4.69, 9.17) is 11.0 Å². The van der Waals surface area contributed by atoms with E-state index in [1.807, 2.05) is 6.07 Å². The molecule has 0 aliphatic rings. The summed E-state index contributed by atoms with van der Waals surface area (Å²) in [5, 5.41) is 8.52. The van der Waals surface area contributed by atoms with Crippen LogP contribution in [0, 0.1) is 11.3 Å². The minimum absolute atomic E-state index is 0.228. The number of sulfone groups is 1. The summed E-state index contributed by atoms with van der Waals surface area (Å²) in [6, 6.07) is 7.15. The van der Waals surface area contributed by atoms with E-state index in [0.29, 0.717) is 5.56 Å². The van der Waals surface area contributed by atoms with Crippen LogP contribution >= 0.6 is 0 Å². The first kappa shape index (κ1) is 10.7. The standard InChI is InChI=1S/C9H10N2O2S/c1-14(12,13)8-4-2-7(3-5-8)9(11)6-10/h2-5,9H,11H2,1H3/t9-/m1/s1. The second-order valence-electron chi connectivity index (χ2n) is 2.95. The van der Waals surface area contributed by atoms with Gasteiger partial charge < -0.3 is 5.73 Å². The van der Waals surface area contributed by atoms with Crippen LogP contribution in [0.5, 0.6) is 0 Å². The molecule has 0 spiro atoms. The van der Waals surface area contributed by atoms with E-state index in [1.54, 1.807) is 12.1 Å². The van der Waals surface area contributed by atoms with Crippen LogP contribution in [0.3, 0.4) is 0 Å². The number of rotatable bonds is 2. The molecular weight excluding hydrogens is 200 g/mol. The van der Waals surface area contributed by atoms with Crippen molar-refractivity contribution >= 4 is 9.84 Å². The molecular formula is C9H10N2O2S.